The van der Waals surface area contributed by atoms with Crippen molar-refractivity contribution in [1.29, 1.82) is 0 Å². The minimum Gasteiger partial charge on any atom is -0.508 e. The van der Waals surface area contributed by atoms with Crippen LogP contribution in [0.4, 0.5) is 4.79 Å². The fourth-order valence-corrected chi connectivity index (χ4v) is 1.20. The van der Waals surface area contributed by atoms with Crippen LogP contribution in [0.25, 0.3) is 0 Å². The van der Waals surface area contributed by atoms with Crippen LogP contribution in [0.1, 0.15) is 12.0 Å². The standard InChI is InChI=1S/C10H13NO3/c12-9-5-1-3-8(7-9)4-2-6-11-10(13)14/h1,3,5,7,11-12H,2,4,6H2,(H,13,14). The van der Waals surface area contributed by atoms with Gasteiger partial charge < -0.3 is 15.5 Å². The van der Waals surface area contributed by atoms with Crippen molar-refractivity contribution in [1.82, 2.24) is 5.32 Å². The largest absolute Gasteiger partial charge is 0.508 e. The van der Waals surface area contributed by atoms with Crippen molar-refractivity contribution >= 4 is 6.09 Å². The minimum atomic E-state index is -0.999. The average Bonchev–Trinajstić information content (AvgIpc) is 2.12. The van der Waals surface area contributed by atoms with Gasteiger partial charge in [-0.15, -0.1) is 0 Å². The zero-order valence-electron chi connectivity index (χ0n) is 7.73. The molecular formula is C10H13NO3. The molecule has 0 spiro atoms. The Morgan fingerprint density at radius 2 is 2.21 bits per heavy atom. The molecule has 1 rings (SSSR count). The second-order valence-electron chi connectivity index (χ2n) is 3.01. The van der Waals surface area contributed by atoms with Crippen LogP contribution in [0.5, 0.6) is 5.75 Å². The third-order valence-corrected chi connectivity index (χ3v) is 1.83. The maximum absolute atomic E-state index is 10.1. The molecule has 3 N–H and O–H groups in total. The first kappa shape index (κ1) is 10.4. The molecule has 0 radical (unpaired) electrons. The number of benzene rings is 1. The summed E-state index contributed by atoms with van der Waals surface area (Å²) in [6.07, 6.45) is 0.491. The third-order valence-electron chi connectivity index (χ3n) is 1.83. The Bertz CT molecular complexity index is 312. The number of carbonyl (C=O) groups is 1. The van der Waals surface area contributed by atoms with Gasteiger partial charge in [-0.05, 0) is 30.5 Å². The van der Waals surface area contributed by atoms with Crippen LogP contribution in [0, 0.1) is 0 Å². The van der Waals surface area contributed by atoms with E-state index < -0.39 is 6.09 Å². The number of phenolic OH excluding ortho intramolecular Hbond substituents is 1. The predicted octanol–water partition coefficient (Wildman–Crippen LogP) is 1.59. The number of aromatic hydroxyl groups is 1. The van der Waals surface area contributed by atoms with Crippen molar-refractivity contribution in [2.24, 2.45) is 0 Å². The summed E-state index contributed by atoms with van der Waals surface area (Å²) in [6, 6.07) is 6.97. The van der Waals surface area contributed by atoms with Gasteiger partial charge in [-0.3, -0.25) is 0 Å². The summed E-state index contributed by atoms with van der Waals surface area (Å²) < 4.78 is 0. The Hall–Kier alpha value is -1.71. The zero-order chi connectivity index (χ0) is 10.4. The topological polar surface area (TPSA) is 69.6 Å². The van der Waals surface area contributed by atoms with Gasteiger partial charge >= 0.3 is 6.09 Å². The smallest absolute Gasteiger partial charge is 0.404 e. The van der Waals surface area contributed by atoms with Crippen molar-refractivity contribution in [2.75, 3.05) is 6.54 Å². The highest BCUT2D eigenvalue weighted by Gasteiger charge is 1.96. The van der Waals surface area contributed by atoms with Gasteiger partial charge in [0.1, 0.15) is 5.75 Å². The van der Waals surface area contributed by atoms with E-state index in [0.717, 1.165) is 18.4 Å². The predicted molar refractivity (Wildman–Crippen MR) is 52.5 cm³/mol. The second-order valence-corrected chi connectivity index (χ2v) is 3.01. The van der Waals surface area contributed by atoms with Crippen LogP contribution < -0.4 is 5.32 Å². The van der Waals surface area contributed by atoms with Gasteiger partial charge in [0.2, 0.25) is 0 Å². The molecule has 0 aromatic heterocycles. The molecule has 4 nitrogen and oxygen atoms in total. The van der Waals surface area contributed by atoms with Gasteiger partial charge in [0.05, 0.1) is 0 Å². The summed E-state index contributed by atoms with van der Waals surface area (Å²) in [7, 11) is 0. The molecule has 76 valence electrons. The molecule has 0 atom stereocenters. The van der Waals surface area contributed by atoms with Gasteiger partial charge in [0.25, 0.3) is 0 Å². The first-order valence-corrected chi connectivity index (χ1v) is 4.43. The van der Waals surface area contributed by atoms with Gasteiger partial charge in [-0.1, -0.05) is 12.1 Å². The molecule has 0 fully saturated rings. The molecule has 4 heteroatoms. The Labute approximate surface area is 82.2 Å². The Balaban J connectivity index is 2.28. The summed E-state index contributed by atoms with van der Waals surface area (Å²) >= 11 is 0. The second kappa shape index (κ2) is 5.11. The van der Waals surface area contributed by atoms with Gasteiger partial charge in [0.15, 0.2) is 0 Å². The SMILES string of the molecule is O=C(O)NCCCc1cccc(O)c1. The first-order valence-electron chi connectivity index (χ1n) is 4.43. The number of phenols is 1. The molecule has 0 heterocycles. The van der Waals surface area contributed by atoms with E-state index in [2.05, 4.69) is 5.32 Å². The normalized spacial score (nSPS) is 9.71. The van der Waals surface area contributed by atoms with E-state index in [-0.39, 0.29) is 5.75 Å². The Morgan fingerprint density at radius 1 is 1.43 bits per heavy atom. The average molecular weight is 195 g/mol. The number of hydrogen-bond acceptors (Lipinski definition) is 2. The maximum Gasteiger partial charge on any atom is 0.404 e. The fraction of sp³-hybridized carbons (Fsp3) is 0.300. The van der Waals surface area contributed by atoms with Crippen LogP contribution >= 0.6 is 0 Å². The highest BCUT2D eigenvalue weighted by atomic mass is 16.4. The van der Waals surface area contributed by atoms with Crippen LogP contribution in [0.15, 0.2) is 24.3 Å². The van der Waals surface area contributed by atoms with Crippen LogP contribution in [0.3, 0.4) is 0 Å². The number of aryl methyl sites for hydroxylation is 1. The summed E-state index contributed by atoms with van der Waals surface area (Å²) in [6.45, 7) is 0.436. The molecule has 0 aliphatic carbocycles. The van der Waals surface area contributed by atoms with Gasteiger partial charge in [-0.2, -0.15) is 0 Å². The van der Waals surface area contributed by atoms with Crippen LogP contribution in [-0.2, 0) is 6.42 Å². The van der Waals surface area contributed by atoms with Crippen LogP contribution in [0.2, 0.25) is 0 Å². The molecule has 0 aliphatic heterocycles. The van der Waals surface area contributed by atoms with E-state index >= 15 is 0 Å². The lowest BCUT2D eigenvalue weighted by molar-refractivity contribution is 0.194. The molecule has 1 aromatic carbocycles. The summed E-state index contributed by atoms with van der Waals surface area (Å²) in [5.74, 6) is 0.244. The van der Waals surface area contributed by atoms with E-state index in [1.807, 2.05) is 6.07 Å². The van der Waals surface area contributed by atoms with Gasteiger partial charge in [-0.25, -0.2) is 4.79 Å². The Morgan fingerprint density at radius 3 is 2.86 bits per heavy atom. The van der Waals surface area contributed by atoms with Gasteiger partial charge in [0, 0.05) is 6.54 Å². The molecule has 1 aromatic rings. The van der Waals surface area contributed by atoms with Crippen molar-refractivity contribution in [3.8, 4) is 5.75 Å². The maximum atomic E-state index is 10.1. The molecule has 0 saturated carbocycles. The van der Waals surface area contributed by atoms with E-state index in [1.165, 1.54) is 0 Å². The lowest BCUT2D eigenvalue weighted by Gasteiger charge is -2.02. The third kappa shape index (κ3) is 3.80. The number of carboxylic acid groups (broad SMARTS) is 1. The molecule has 0 saturated heterocycles. The lowest BCUT2D eigenvalue weighted by atomic mass is 10.1. The van der Waals surface area contributed by atoms with E-state index in [0.29, 0.717) is 6.54 Å². The quantitative estimate of drug-likeness (QED) is 0.639. The molecule has 0 aliphatic rings. The van der Waals surface area contributed by atoms with Crippen molar-refractivity contribution in [2.45, 2.75) is 12.8 Å². The summed E-state index contributed by atoms with van der Waals surface area (Å²) in [5, 5.41) is 19.7. The van der Waals surface area contributed by atoms with E-state index in [4.69, 9.17) is 10.2 Å². The van der Waals surface area contributed by atoms with E-state index in [1.54, 1.807) is 18.2 Å². The summed E-state index contributed by atoms with van der Waals surface area (Å²) in [5.41, 5.74) is 1.01. The Kier molecular flexibility index (Phi) is 3.79. The fourth-order valence-electron chi connectivity index (χ4n) is 1.20. The highest BCUT2D eigenvalue weighted by molar-refractivity contribution is 5.64. The number of nitrogens with one attached hydrogen (secondary N) is 1. The molecule has 0 unspecified atom stereocenters. The number of hydrogen-bond donors (Lipinski definition) is 3. The van der Waals surface area contributed by atoms with Crippen molar-refractivity contribution in [3.05, 3.63) is 29.8 Å². The first-order chi connectivity index (χ1) is 6.68. The molecular weight excluding hydrogens is 182 g/mol. The number of rotatable bonds is 4. The molecule has 0 bridgehead atoms. The zero-order valence-corrected chi connectivity index (χ0v) is 7.73. The monoisotopic (exact) mass is 195 g/mol. The highest BCUT2D eigenvalue weighted by Crippen LogP contribution is 2.11. The van der Waals surface area contributed by atoms with Crippen molar-refractivity contribution in [3.63, 3.8) is 0 Å². The minimum absolute atomic E-state index is 0.244. The lowest BCUT2D eigenvalue weighted by Crippen LogP contribution is -2.22. The van der Waals surface area contributed by atoms with Crippen molar-refractivity contribution < 1.29 is 15.0 Å². The summed E-state index contributed by atoms with van der Waals surface area (Å²) in [4.78, 5) is 10.1. The van der Waals surface area contributed by atoms with Crippen LogP contribution in [-0.4, -0.2) is 22.9 Å². The molecule has 1 amide bonds. The number of amides is 1. The van der Waals surface area contributed by atoms with E-state index in [9.17, 15) is 4.79 Å². The molecule has 14 heavy (non-hydrogen) atoms.